The molecular formula is C10H22INO2. The van der Waals surface area contributed by atoms with Crippen molar-refractivity contribution in [3.8, 4) is 0 Å². The van der Waals surface area contributed by atoms with Gasteiger partial charge in [-0.15, -0.1) is 0 Å². The molecule has 1 heterocycles. The van der Waals surface area contributed by atoms with Gasteiger partial charge < -0.3 is 37.9 Å². The molecule has 0 spiro atoms. The fraction of sp³-hybridized carbons (Fsp3) is 1.00. The third kappa shape index (κ3) is 4.91. The second-order valence-electron chi connectivity index (χ2n) is 4.97. The standard InChI is InChI=1S/C10H22NO2.HI/c1-8-9(2)13-10(7-12-8)6-11(3,4)5;/h8-10H,6-7H2,1-5H3;1H/q+1;/p-1/t8-,9+,10-;/m1./s1. The zero-order chi connectivity index (χ0) is 10.1. The van der Waals surface area contributed by atoms with E-state index in [1.807, 2.05) is 0 Å². The van der Waals surface area contributed by atoms with Gasteiger partial charge >= 0.3 is 0 Å². The molecule has 0 amide bonds. The molecule has 0 radical (unpaired) electrons. The fourth-order valence-electron chi connectivity index (χ4n) is 1.55. The van der Waals surface area contributed by atoms with Gasteiger partial charge in [0.1, 0.15) is 12.6 Å². The summed E-state index contributed by atoms with van der Waals surface area (Å²) < 4.78 is 12.4. The Balaban J connectivity index is 0.00000169. The van der Waals surface area contributed by atoms with Crippen LogP contribution in [0.2, 0.25) is 0 Å². The zero-order valence-corrected chi connectivity index (χ0v) is 11.9. The summed E-state index contributed by atoms with van der Waals surface area (Å²) in [6.45, 7) is 5.89. The lowest BCUT2D eigenvalue weighted by Crippen LogP contribution is -3.00. The number of rotatable bonds is 2. The van der Waals surface area contributed by atoms with Crippen molar-refractivity contribution in [3.05, 3.63) is 0 Å². The lowest BCUT2D eigenvalue weighted by atomic mass is 10.2. The van der Waals surface area contributed by atoms with Gasteiger partial charge in [-0.2, -0.15) is 0 Å². The first-order chi connectivity index (χ1) is 5.88. The van der Waals surface area contributed by atoms with Crippen molar-refractivity contribution >= 4 is 0 Å². The number of hydrogen-bond donors (Lipinski definition) is 0. The van der Waals surface area contributed by atoms with E-state index in [4.69, 9.17) is 9.47 Å². The van der Waals surface area contributed by atoms with Gasteiger partial charge in [-0.1, -0.05) is 0 Å². The maximum atomic E-state index is 5.83. The molecule has 4 heteroatoms. The maximum absolute atomic E-state index is 5.83. The monoisotopic (exact) mass is 315 g/mol. The van der Waals surface area contributed by atoms with E-state index in [9.17, 15) is 0 Å². The lowest BCUT2D eigenvalue weighted by molar-refractivity contribution is -0.874. The summed E-state index contributed by atoms with van der Waals surface area (Å²) >= 11 is 0. The number of nitrogens with zero attached hydrogens (tertiary/aromatic N) is 1. The van der Waals surface area contributed by atoms with Crippen LogP contribution < -0.4 is 24.0 Å². The summed E-state index contributed by atoms with van der Waals surface area (Å²) in [7, 11) is 6.52. The van der Waals surface area contributed by atoms with Crippen molar-refractivity contribution in [2.75, 3.05) is 34.3 Å². The van der Waals surface area contributed by atoms with Crippen molar-refractivity contribution in [2.45, 2.75) is 32.2 Å². The number of likely N-dealkylation sites (N-methyl/N-ethyl adjacent to an activating group) is 1. The van der Waals surface area contributed by atoms with Crippen LogP contribution in [0.15, 0.2) is 0 Å². The minimum atomic E-state index is 0. The quantitative estimate of drug-likeness (QED) is 0.429. The molecule has 1 aliphatic heterocycles. The third-order valence-electron chi connectivity index (χ3n) is 2.36. The lowest BCUT2D eigenvalue weighted by Gasteiger charge is -2.36. The molecule has 0 aromatic rings. The topological polar surface area (TPSA) is 18.5 Å². The molecule has 1 aliphatic rings. The Bertz CT molecular complexity index is 170. The normalized spacial score (nSPS) is 33.6. The second-order valence-corrected chi connectivity index (χ2v) is 4.97. The molecule has 0 aromatic carbocycles. The molecule has 1 rings (SSSR count). The van der Waals surface area contributed by atoms with Crippen LogP contribution in [0.5, 0.6) is 0 Å². The predicted octanol–water partition coefficient (Wildman–Crippen LogP) is -2.11. The van der Waals surface area contributed by atoms with E-state index in [2.05, 4.69) is 35.0 Å². The Morgan fingerprint density at radius 3 is 2.14 bits per heavy atom. The molecule has 0 unspecified atom stereocenters. The van der Waals surface area contributed by atoms with Gasteiger partial charge in [0.2, 0.25) is 0 Å². The minimum absolute atomic E-state index is 0. The van der Waals surface area contributed by atoms with Crippen LogP contribution in [0, 0.1) is 0 Å². The summed E-state index contributed by atoms with van der Waals surface area (Å²) in [5.41, 5.74) is 0. The number of hydrogen-bond acceptors (Lipinski definition) is 2. The van der Waals surface area contributed by atoms with E-state index >= 15 is 0 Å². The van der Waals surface area contributed by atoms with Crippen LogP contribution in [0.3, 0.4) is 0 Å². The summed E-state index contributed by atoms with van der Waals surface area (Å²) in [6.07, 6.45) is 0.722. The molecule has 1 fully saturated rings. The first kappa shape index (κ1) is 14.6. The van der Waals surface area contributed by atoms with Crippen molar-refractivity contribution in [1.29, 1.82) is 0 Å². The highest BCUT2D eigenvalue weighted by Crippen LogP contribution is 2.15. The van der Waals surface area contributed by atoms with E-state index in [1.165, 1.54) is 0 Å². The first-order valence-corrected chi connectivity index (χ1v) is 4.96. The highest BCUT2D eigenvalue weighted by molar-refractivity contribution is 4.70. The number of ether oxygens (including phenoxy) is 2. The largest absolute Gasteiger partial charge is 1.00 e. The van der Waals surface area contributed by atoms with Gasteiger partial charge in [-0.3, -0.25) is 0 Å². The molecule has 14 heavy (non-hydrogen) atoms. The van der Waals surface area contributed by atoms with Gasteiger partial charge in [0.15, 0.2) is 0 Å². The smallest absolute Gasteiger partial charge is 0.130 e. The first-order valence-electron chi connectivity index (χ1n) is 4.96. The van der Waals surface area contributed by atoms with E-state index in [0.29, 0.717) is 0 Å². The second kappa shape index (κ2) is 5.63. The molecule has 0 N–H and O–H groups in total. The Morgan fingerprint density at radius 2 is 1.71 bits per heavy atom. The predicted molar refractivity (Wildman–Crippen MR) is 52.6 cm³/mol. The molecule has 0 aromatic heterocycles. The van der Waals surface area contributed by atoms with Crippen molar-refractivity contribution in [1.82, 2.24) is 0 Å². The highest BCUT2D eigenvalue weighted by atomic mass is 127. The molecule has 3 atom stereocenters. The minimum Gasteiger partial charge on any atom is -1.00 e. The van der Waals surface area contributed by atoms with Crippen molar-refractivity contribution in [2.24, 2.45) is 0 Å². The van der Waals surface area contributed by atoms with Gasteiger partial charge in [-0.25, -0.2) is 0 Å². The Labute approximate surface area is 104 Å². The third-order valence-corrected chi connectivity index (χ3v) is 2.36. The van der Waals surface area contributed by atoms with Crippen LogP contribution in [0.25, 0.3) is 0 Å². The SMILES string of the molecule is C[C@@H]1O[C@H](C[N+](C)(C)C)CO[C@@H]1C.[I-]. The molecule has 0 aliphatic carbocycles. The summed E-state index contributed by atoms with van der Waals surface area (Å²) in [5, 5.41) is 0. The molecule has 0 bridgehead atoms. The molecular weight excluding hydrogens is 293 g/mol. The van der Waals surface area contributed by atoms with E-state index in [1.54, 1.807) is 0 Å². The average Bonchev–Trinajstić information content (AvgIpc) is 1.94. The van der Waals surface area contributed by atoms with Gasteiger partial charge in [0, 0.05) is 0 Å². The van der Waals surface area contributed by atoms with Gasteiger partial charge in [0.25, 0.3) is 0 Å². The number of halogens is 1. The van der Waals surface area contributed by atoms with Crippen LogP contribution in [0.1, 0.15) is 13.8 Å². The highest BCUT2D eigenvalue weighted by Gasteiger charge is 2.29. The molecule has 0 saturated carbocycles. The number of quaternary nitrogens is 1. The van der Waals surface area contributed by atoms with Crippen LogP contribution >= 0.6 is 0 Å². The van der Waals surface area contributed by atoms with Crippen LogP contribution in [-0.2, 0) is 9.47 Å². The summed E-state index contributed by atoms with van der Waals surface area (Å²) in [6, 6.07) is 0. The molecule has 86 valence electrons. The van der Waals surface area contributed by atoms with E-state index in [0.717, 1.165) is 17.6 Å². The van der Waals surface area contributed by atoms with Gasteiger partial charge in [0.05, 0.1) is 40.0 Å². The van der Waals surface area contributed by atoms with Crippen molar-refractivity contribution in [3.63, 3.8) is 0 Å². The average molecular weight is 315 g/mol. The summed E-state index contributed by atoms with van der Waals surface area (Å²) in [4.78, 5) is 0. The maximum Gasteiger partial charge on any atom is 0.130 e. The zero-order valence-electron chi connectivity index (χ0n) is 9.79. The van der Waals surface area contributed by atoms with Crippen LogP contribution in [-0.4, -0.2) is 57.1 Å². The molecule has 3 nitrogen and oxygen atoms in total. The Kier molecular flexibility index (Phi) is 5.87. The van der Waals surface area contributed by atoms with Crippen molar-refractivity contribution < 1.29 is 37.9 Å². The fourth-order valence-corrected chi connectivity index (χ4v) is 1.55. The van der Waals surface area contributed by atoms with E-state index in [-0.39, 0.29) is 42.3 Å². The Morgan fingerprint density at radius 1 is 1.14 bits per heavy atom. The van der Waals surface area contributed by atoms with E-state index < -0.39 is 0 Å². The molecule has 1 saturated heterocycles. The van der Waals surface area contributed by atoms with Gasteiger partial charge in [-0.05, 0) is 13.8 Å². The Hall–Kier alpha value is 0.610. The van der Waals surface area contributed by atoms with Crippen LogP contribution in [0.4, 0.5) is 0 Å². The summed E-state index contributed by atoms with van der Waals surface area (Å²) in [5.74, 6) is 0.